The van der Waals surface area contributed by atoms with Crippen LogP contribution in [0, 0.1) is 10.1 Å². The first-order valence-electron chi connectivity index (χ1n) is 4.97. The third-order valence-corrected chi connectivity index (χ3v) is 2.44. The van der Waals surface area contributed by atoms with Gasteiger partial charge in [-0.1, -0.05) is 6.92 Å². The van der Waals surface area contributed by atoms with E-state index in [9.17, 15) is 10.1 Å². The molecule has 1 aromatic carbocycles. The van der Waals surface area contributed by atoms with Crippen LogP contribution in [0.5, 0.6) is 0 Å². The number of hydrogen-bond donors (Lipinski definition) is 1. The lowest BCUT2D eigenvalue weighted by Gasteiger charge is -2.25. The molecule has 0 saturated heterocycles. The van der Waals surface area contributed by atoms with Crippen molar-refractivity contribution in [1.29, 1.82) is 0 Å². The molecule has 82 valence electrons. The van der Waals surface area contributed by atoms with Crippen molar-refractivity contribution in [2.24, 2.45) is 0 Å². The highest BCUT2D eigenvalue weighted by Gasteiger charge is 2.14. The van der Waals surface area contributed by atoms with Crippen molar-refractivity contribution in [1.82, 2.24) is 0 Å². The molecule has 0 amide bonds. The van der Waals surface area contributed by atoms with E-state index in [4.69, 9.17) is 0 Å². The molecule has 0 atom stereocenters. The van der Waals surface area contributed by atoms with E-state index in [1.165, 1.54) is 12.1 Å². The molecule has 1 aromatic rings. The molecule has 15 heavy (non-hydrogen) atoms. The fourth-order valence-corrected chi connectivity index (χ4v) is 1.15. The van der Waals surface area contributed by atoms with E-state index < -0.39 is 4.92 Å². The lowest BCUT2D eigenvalue weighted by Crippen LogP contribution is -2.29. The van der Waals surface area contributed by atoms with Gasteiger partial charge in [0.1, 0.15) is 0 Å². The Hall–Kier alpha value is -1.58. The van der Waals surface area contributed by atoms with Gasteiger partial charge in [-0.15, -0.1) is 0 Å². The molecule has 4 nitrogen and oxygen atoms in total. The van der Waals surface area contributed by atoms with Crippen LogP contribution in [0.3, 0.4) is 0 Å². The summed E-state index contributed by atoms with van der Waals surface area (Å²) in [5.74, 6) is 0. The molecule has 0 heterocycles. The number of nitrogens with zero attached hydrogens (tertiary/aromatic N) is 1. The van der Waals surface area contributed by atoms with Gasteiger partial charge in [0, 0.05) is 23.4 Å². The maximum Gasteiger partial charge on any atom is 0.269 e. The second kappa shape index (κ2) is 4.29. The Balaban J connectivity index is 2.77. The van der Waals surface area contributed by atoms with E-state index in [-0.39, 0.29) is 11.2 Å². The minimum Gasteiger partial charge on any atom is -0.380 e. The number of nitro groups is 1. The summed E-state index contributed by atoms with van der Waals surface area (Å²) in [5.41, 5.74) is 1.04. The Bertz CT molecular complexity index is 344. The van der Waals surface area contributed by atoms with Gasteiger partial charge in [-0.25, -0.2) is 0 Å². The topological polar surface area (TPSA) is 55.2 Å². The summed E-state index contributed by atoms with van der Waals surface area (Å²) in [6.45, 7) is 6.28. The van der Waals surface area contributed by atoms with Crippen LogP contribution in [0.15, 0.2) is 24.3 Å². The largest absolute Gasteiger partial charge is 0.380 e. The van der Waals surface area contributed by atoms with Crippen LogP contribution in [-0.2, 0) is 0 Å². The molecule has 0 aliphatic rings. The fraction of sp³-hybridized carbons (Fsp3) is 0.455. The van der Waals surface area contributed by atoms with Crippen molar-refractivity contribution in [2.75, 3.05) is 5.32 Å². The summed E-state index contributed by atoms with van der Waals surface area (Å²) in [5, 5.41) is 13.8. The van der Waals surface area contributed by atoms with Crippen LogP contribution in [-0.4, -0.2) is 10.5 Å². The van der Waals surface area contributed by atoms with Gasteiger partial charge in [-0.2, -0.15) is 0 Å². The van der Waals surface area contributed by atoms with Crippen molar-refractivity contribution in [3.63, 3.8) is 0 Å². The molecule has 1 rings (SSSR count). The second-order valence-electron chi connectivity index (χ2n) is 4.17. The van der Waals surface area contributed by atoms with Crippen LogP contribution in [0.1, 0.15) is 27.2 Å². The number of rotatable bonds is 4. The minimum atomic E-state index is -0.394. The molecule has 0 fully saturated rings. The van der Waals surface area contributed by atoms with Gasteiger partial charge in [-0.05, 0) is 32.4 Å². The monoisotopic (exact) mass is 208 g/mol. The molecular formula is C11H16N2O2. The van der Waals surface area contributed by atoms with Gasteiger partial charge in [0.25, 0.3) is 5.69 Å². The van der Waals surface area contributed by atoms with E-state index in [1.54, 1.807) is 12.1 Å². The Labute approximate surface area is 89.5 Å². The summed E-state index contributed by atoms with van der Waals surface area (Å²) in [6.07, 6.45) is 0.990. The predicted molar refractivity (Wildman–Crippen MR) is 61.1 cm³/mol. The molecule has 0 spiro atoms. The van der Waals surface area contributed by atoms with Gasteiger partial charge in [-0.3, -0.25) is 10.1 Å². The van der Waals surface area contributed by atoms with Gasteiger partial charge >= 0.3 is 0 Å². The van der Waals surface area contributed by atoms with Crippen LogP contribution >= 0.6 is 0 Å². The quantitative estimate of drug-likeness (QED) is 0.610. The maximum atomic E-state index is 10.4. The van der Waals surface area contributed by atoms with Crippen molar-refractivity contribution in [3.8, 4) is 0 Å². The van der Waals surface area contributed by atoms with Crippen LogP contribution in [0.4, 0.5) is 11.4 Å². The molecule has 4 heteroatoms. The molecule has 0 aliphatic heterocycles. The fourth-order valence-electron chi connectivity index (χ4n) is 1.15. The van der Waals surface area contributed by atoms with E-state index in [0.29, 0.717) is 0 Å². The first-order chi connectivity index (χ1) is 6.94. The Morgan fingerprint density at radius 3 is 2.27 bits per heavy atom. The van der Waals surface area contributed by atoms with Crippen molar-refractivity contribution in [3.05, 3.63) is 34.4 Å². The molecule has 0 unspecified atom stereocenters. The molecule has 0 radical (unpaired) electrons. The average molecular weight is 208 g/mol. The molecule has 0 bridgehead atoms. The Morgan fingerprint density at radius 2 is 1.87 bits per heavy atom. The van der Waals surface area contributed by atoms with Gasteiger partial charge < -0.3 is 5.32 Å². The summed E-state index contributed by atoms with van der Waals surface area (Å²) in [4.78, 5) is 10.0. The second-order valence-corrected chi connectivity index (χ2v) is 4.17. The van der Waals surface area contributed by atoms with E-state index in [1.807, 2.05) is 0 Å². The van der Waals surface area contributed by atoms with Gasteiger partial charge in [0.2, 0.25) is 0 Å². The SMILES string of the molecule is CCC(C)(C)Nc1ccc([N+](=O)[O-])cc1. The normalized spacial score (nSPS) is 11.1. The Morgan fingerprint density at radius 1 is 1.33 bits per heavy atom. The predicted octanol–water partition coefficient (Wildman–Crippen LogP) is 3.20. The number of non-ortho nitro benzene ring substituents is 1. The highest BCUT2D eigenvalue weighted by atomic mass is 16.6. The minimum absolute atomic E-state index is 0.0101. The molecule has 1 N–H and O–H groups in total. The lowest BCUT2D eigenvalue weighted by atomic mass is 10.0. The summed E-state index contributed by atoms with van der Waals surface area (Å²) in [7, 11) is 0. The highest BCUT2D eigenvalue weighted by molar-refractivity contribution is 5.49. The molecule has 0 aliphatic carbocycles. The third-order valence-electron chi connectivity index (χ3n) is 2.44. The van der Waals surface area contributed by atoms with Crippen LogP contribution in [0.25, 0.3) is 0 Å². The molecular weight excluding hydrogens is 192 g/mol. The number of anilines is 1. The number of nitro benzene ring substituents is 1. The van der Waals surface area contributed by atoms with Crippen molar-refractivity contribution in [2.45, 2.75) is 32.7 Å². The van der Waals surface area contributed by atoms with Gasteiger partial charge in [0.15, 0.2) is 0 Å². The first-order valence-corrected chi connectivity index (χ1v) is 4.97. The highest BCUT2D eigenvalue weighted by Crippen LogP contribution is 2.20. The molecule has 0 aromatic heterocycles. The smallest absolute Gasteiger partial charge is 0.269 e. The van der Waals surface area contributed by atoms with Crippen molar-refractivity contribution < 1.29 is 4.92 Å². The van der Waals surface area contributed by atoms with Gasteiger partial charge in [0.05, 0.1) is 4.92 Å². The first kappa shape index (κ1) is 11.5. The van der Waals surface area contributed by atoms with E-state index >= 15 is 0 Å². The zero-order valence-electron chi connectivity index (χ0n) is 9.28. The van der Waals surface area contributed by atoms with E-state index in [2.05, 4.69) is 26.1 Å². The summed E-state index contributed by atoms with van der Waals surface area (Å²) >= 11 is 0. The van der Waals surface area contributed by atoms with Crippen LogP contribution < -0.4 is 5.32 Å². The standard InChI is InChI=1S/C11H16N2O2/c1-4-11(2,3)12-9-5-7-10(8-6-9)13(14)15/h5-8,12H,4H2,1-3H3. The number of hydrogen-bond acceptors (Lipinski definition) is 3. The third kappa shape index (κ3) is 3.23. The lowest BCUT2D eigenvalue weighted by molar-refractivity contribution is -0.384. The molecule has 0 saturated carbocycles. The van der Waals surface area contributed by atoms with E-state index in [0.717, 1.165) is 12.1 Å². The summed E-state index contributed by atoms with van der Waals surface area (Å²) in [6, 6.07) is 6.48. The zero-order chi connectivity index (χ0) is 11.5. The maximum absolute atomic E-state index is 10.4. The zero-order valence-corrected chi connectivity index (χ0v) is 9.28. The van der Waals surface area contributed by atoms with Crippen LogP contribution in [0.2, 0.25) is 0 Å². The van der Waals surface area contributed by atoms with Crippen molar-refractivity contribution >= 4 is 11.4 Å². The average Bonchev–Trinajstić information content (AvgIpc) is 2.18. The number of benzene rings is 1. The number of nitrogens with one attached hydrogen (secondary N) is 1. The Kier molecular flexibility index (Phi) is 3.29. The summed E-state index contributed by atoms with van der Waals surface area (Å²) < 4.78 is 0.